The molecule has 21 heterocycles. The van der Waals surface area contributed by atoms with Gasteiger partial charge in [0.15, 0.2) is 44.0 Å². The molecule has 0 unspecified atom stereocenters. The van der Waals surface area contributed by atoms with Crippen LogP contribution in [0, 0.1) is 0 Å². The van der Waals surface area contributed by atoms with Crippen LogP contribution in [0.5, 0.6) is 0 Å². The van der Waals surface area contributed by atoms with Gasteiger partial charge in [0.25, 0.3) is 0 Å². The molecular weight excluding hydrogens is 1180 g/mol. The Morgan fingerprint density at radius 1 is 0.221 bits per heavy atom. The summed E-state index contributed by atoms with van der Waals surface area (Å²) >= 11 is 0. The number of hydrogen-bond acceptors (Lipinski definition) is 38. The quantitative estimate of drug-likeness (QED) is 0.0638. The van der Waals surface area contributed by atoms with Crippen LogP contribution in [0.3, 0.4) is 0 Å². The Morgan fingerprint density at radius 2 is 0.395 bits per heavy atom. The second-order valence-electron chi connectivity index (χ2n) is 22.0. The average molecular weight is 1260 g/mol. The zero-order chi connectivity index (χ0) is 62.4. The van der Waals surface area contributed by atoms with E-state index in [1.165, 1.54) is 0 Å². The van der Waals surface area contributed by atoms with E-state index in [4.69, 9.17) is 72.0 Å². The van der Waals surface area contributed by atoms with Crippen LogP contribution < -0.4 is 21.7 Å². The third-order valence-electron chi connectivity index (χ3n) is 16.2. The van der Waals surface area contributed by atoms with Crippen LogP contribution >= 0.6 is 0 Å². The number of nitrogens with two attached hydrogens (primary N) is 1. The van der Waals surface area contributed by atoms with Gasteiger partial charge in [-0.2, -0.15) is 0 Å². The zero-order valence-corrected chi connectivity index (χ0v) is 46.1. The van der Waals surface area contributed by atoms with Gasteiger partial charge in [0, 0.05) is 45.8 Å². The van der Waals surface area contributed by atoms with E-state index in [-0.39, 0.29) is 13.1 Å². The van der Waals surface area contributed by atoms with E-state index in [9.17, 15) is 102 Å². The molecule has 21 aliphatic heterocycles. The van der Waals surface area contributed by atoms with Gasteiger partial charge in [-0.3, -0.25) is 0 Å². The minimum absolute atomic E-state index is 0.235. The summed E-state index contributed by atoms with van der Waals surface area (Å²) in [7, 11) is 0. The Kier molecular flexibility index (Phi) is 26.1. The summed E-state index contributed by atoms with van der Waals surface area (Å²) in [5, 5.41) is 233. The molecule has 14 bridgehead atoms. The molecule has 21 fully saturated rings. The van der Waals surface area contributed by atoms with Crippen LogP contribution in [0.2, 0.25) is 0 Å². The summed E-state index contributed by atoms with van der Waals surface area (Å²) in [5.74, 6) is 0. The van der Waals surface area contributed by atoms with Crippen molar-refractivity contribution in [3.63, 3.8) is 0 Å². The first-order chi connectivity index (χ1) is 41.2. The summed E-state index contributed by atoms with van der Waals surface area (Å²) < 4.78 is 81.4. The normalized spacial score (nSPS) is 50.8. The molecule has 38 nitrogen and oxygen atoms in total. The SMILES string of the molecule is NCCNCCNCCNC[C@H]1O[C@@H]2O[C@H]3[C@H](O)[C@@H](O)[C@@H](O[C@H]4[C@H](O)[C@@H](O)[C@@H](O[C@H]5[C@@H](O)[C@H](O)[C@@H](O[C@H]6[C@H](O)[C@@H](O)[C@@H](O[C@H]7[C@H](O)[C@@H](O)[C@@H](O[C@H]8[C@H](O)[C@@H](O)[C@@H](O[C@H]1[C@H](O)[C@H]2O)O[C@@H]8CO)O[C@@H]7CO)O[C@@H]6CO)O[C@@H]5CO)O[C@@H]4CO)O[C@@H]3CO. The molecule has 0 aromatic carbocycles. The first-order valence-corrected chi connectivity index (χ1v) is 28.3. The maximum atomic E-state index is 11.8. The molecule has 21 rings (SSSR count). The lowest BCUT2D eigenvalue weighted by molar-refractivity contribution is -0.396. The molecule has 0 amide bonds. The maximum Gasteiger partial charge on any atom is 0.187 e. The topological polar surface area (TPSA) is 596 Å². The number of aliphatic hydroxyl groups is 20. The van der Waals surface area contributed by atoms with Crippen LogP contribution in [-0.2, 0) is 66.3 Å². The molecule has 25 N–H and O–H groups in total. The molecule has 0 aromatic heterocycles. The van der Waals surface area contributed by atoms with E-state index >= 15 is 0 Å². The molecule has 21 saturated heterocycles. The molecule has 35 atom stereocenters. The van der Waals surface area contributed by atoms with Crippen molar-refractivity contribution < 1.29 is 168 Å². The number of hydrogen-bond donors (Lipinski definition) is 24. The van der Waals surface area contributed by atoms with Crippen LogP contribution in [-0.4, -0.2) is 403 Å². The Bertz CT molecular complexity index is 2000. The summed E-state index contributed by atoms with van der Waals surface area (Å²) in [6.07, 6.45) is -69.3. The van der Waals surface area contributed by atoms with Crippen LogP contribution in [0.15, 0.2) is 0 Å². The van der Waals surface area contributed by atoms with E-state index in [1.807, 2.05) is 0 Å². The summed E-state index contributed by atoms with van der Waals surface area (Å²) in [6.45, 7) is -3.72. The predicted octanol–water partition coefficient (Wildman–Crippen LogP) is -16.5. The minimum atomic E-state index is -2.21. The van der Waals surface area contributed by atoms with Crippen molar-refractivity contribution in [1.29, 1.82) is 0 Å². The van der Waals surface area contributed by atoms with Crippen molar-refractivity contribution in [1.82, 2.24) is 16.0 Å². The fourth-order valence-corrected chi connectivity index (χ4v) is 11.4. The standard InChI is InChI=1S/C48H86N4O34/c49-1-2-50-3-4-51-5-6-52-7-14-35-21(59)28(66)42(73-14)81-36-15(8-53)75-44(30(68)23(36)61)83-38-17(10-55)77-46(32(70)25(38)63)85-40-19(12-57)79-48(34(72)27(40)65)86-41-20(13-58)78-47(33(71)26(41)64)84-39-18(11-56)76-45(31(69)24(39)62)82-37-16(9-54)74-43(80-35)29(67)22(37)60/h14-48,50-72H,1-13,49H2/t14-,15-,16-,17-,18-,19-,20-,21-,22-,23-,24-,25-,26-,27+,28-,29-,30-,31-,32-,33-,34+,35-,36-,37-,38-,39-,40-,41-,42-,43-,44-,45-,46-,47-,48-/m1/s1. The van der Waals surface area contributed by atoms with E-state index in [0.29, 0.717) is 32.7 Å². The highest BCUT2D eigenvalue weighted by atomic mass is 16.8. The Balaban J connectivity index is 1.08. The monoisotopic (exact) mass is 1260 g/mol. The maximum absolute atomic E-state index is 11.8. The van der Waals surface area contributed by atoms with Crippen molar-refractivity contribution in [2.24, 2.45) is 5.73 Å². The Hall–Kier alpha value is -1.52. The van der Waals surface area contributed by atoms with E-state index < -0.39 is 255 Å². The summed E-state index contributed by atoms with van der Waals surface area (Å²) in [6, 6.07) is 0. The fourth-order valence-electron chi connectivity index (χ4n) is 11.4. The predicted molar refractivity (Wildman–Crippen MR) is 269 cm³/mol. The lowest BCUT2D eigenvalue weighted by Crippen LogP contribution is -2.68. The van der Waals surface area contributed by atoms with Gasteiger partial charge in [-0.25, -0.2) is 0 Å². The van der Waals surface area contributed by atoms with Gasteiger partial charge >= 0.3 is 0 Å². The van der Waals surface area contributed by atoms with Gasteiger partial charge in [0.2, 0.25) is 0 Å². The molecule has 21 aliphatic rings. The van der Waals surface area contributed by atoms with Crippen molar-refractivity contribution in [2.45, 2.75) is 215 Å². The average Bonchev–Trinajstić information content (AvgIpc) is 1.50. The van der Waals surface area contributed by atoms with Gasteiger partial charge in [0.1, 0.15) is 171 Å². The lowest BCUT2D eigenvalue weighted by Gasteiger charge is -2.50. The number of ether oxygens (including phenoxy) is 14. The fraction of sp³-hybridized carbons (Fsp3) is 1.00. The molecule has 86 heavy (non-hydrogen) atoms. The number of aliphatic hydroxyl groups excluding tert-OH is 20. The van der Waals surface area contributed by atoms with Gasteiger partial charge < -0.3 is 190 Å². The first-order valence-electron chi connectivity index (χ1n) is 28.3. The number of rotatable bonds is 16. The summed E-state index contributed by atoms with van der Waals surface area (Å²) in [4.78, 5) is 0. The third-order valence-corrected chi connectivity index (χ3v) is 16.2. The molecule has 0 radical (unpaired) electrons. The van der Waals surface area contributed by atoms with Crippen molar-refractivity contribution >= 4 is 0 Å². The van der Waals surface area contributed by atoms with Gasteiger partial charge in [-0.15, -0.1) is 0 Å². The van der Waals surface area contributed by atoms with Gasteiger partial charge in [0.05, 0.1) is 39.6 Å². The Labute approximate surface area is 489 Å². The van der Waals surface area contributed by atoms with Crippen molar-refractivity contribution in [3.05, 3.63) is 0 Å². The number of nitrogens with one attached hydrogen (secondary N) is 3. The molecule has 502 valence electrons. The lowest BCUT2D eigenvalue weighted by atomic mass is 9.95. The van der Waals surface area contributed by atoms with E-state index in [1.54, 1.807) is 0 Å². The van der Waals surface area contributed by atoms with Crippen molar-refractivity contribution in [3.8, 4) is 0 Å². The highest BCUT2D eigenvalue weighted by molar-refractivity contribution is 5.02. The van der Waals surface area contributed by atoms with Crippen molar-refractivity contribution in [2.75, 3.05) is 85.5 Å². The van der Waals surface area contributed by atoms with Crippen LogP contribution in [0.4, 0.5) is 0 Å². The van der Waals surface area contributed by atoms with E-state index in [0.717, 1.165) is 0 Å². The largest absolute Gasteiger partial charge is 0.394 e. The van der Waals surface area contributed by atoms with Crippen LogP contribution in [0.25, 0.3) is 0 Å². The summed E-state index contributed by atoms with van der Waals surface area (Å²) in [5.41, 5.74) is 5.52. The van der Waals surface area contributed by atoms with E-state index in [2.05, 4.69) is 16.0 Å². The minimum Gasteiger partial charge on any atom is -0.394 e. The van der Waals surface area contributed by atoms with Gasteiger partial charge in [-0.05, 0) is 0 Å². The second kappa shape index (κ2) is 31.9. The second-order valence-corrected chi connectivity index (χ2v) is 22.0. The van der Waals surface area contributed by atoms with Crippen LogP contribution in [0.1, 0.15) is 0 Å². The zero-order valence-electron chi connectivity index (χ0n) is 46.1. The molecule has 0 aromatic rings. The molecule has 38 heteroatoms. The first kappa shape index (κ1) is 70.4. The third kappa shape index (κ3) is 15.3. The highest BCUT2D eigenvalue weighted by Crippen LogP contribution is 2.39. The van der Waals surface area contributed by atoms with Gasteiger partial charge in [-0.1, -0.05) is 0 Å². The molecule has 0 saturated carbocycles. The highest BCUT2D eigenvalue weighted by Gasteiger charge is 2.59. The molecule has 0 spiro atoms. The molecule has 0 aliphatic carbocycles. The smallest absolute Gasteiger partial charge is 0.187 e. The Morgan fingerprint density at radius 3 is 0.593 bits per heavy atom. The molecular formula is C48H86N4O34.